The van der Waals surface area contributed by atoms with Crippen molar-refractivity contribution >= 4 is 29.3 Å². The van der Waals surface area contributed by atoms with Gasteiger partial charge in [-0.3, -0.25) is 9.69 Å². The van der Waals surface area contributed by atoms with Gasteiger partial charge in [-0.15, -0.1) is 0 Å². The third-order valence-electron chi connectivity index (χ3n) is 7.98. The van der Waals surface area contributed by atoms with Crippen LogP contribution in [-0.4, -0.2) is 69.8 Å². The number of aromatic nitrogens is 2. The Bertz CT molecular complexity index is 1450. The fourth-order valence-electron chi connectivity index (χ4n) is 5.33. The number of fused-ring (bicyclic) bond motifs is 1. The lowest BCUT2D eigenvalue weighted by Gasteiger charge is -2.25. The molecule has 0 aliphatic carbocycles. The average molecular weight is 601 g/mol. The molecule has 9 heteroatoms. The molecule has 0 saturated carbocycles. The SMILES string of the molecule is CC(=O)O/N=C(\N)c1ccc(-c2nn3ccc(C(=O)N(CCC(C)C)CCC(C)C)cc3c2/C=C/CN2CCCCC2)cc1. The summed E-state index contributed by atoms with van der Waals surface area (Å²) in [6, 6.07) is 11.4. The van der Waals surface area contributed by atoms with Gasteiger partial charge in [0.15, 0.2) is 5.84 Å². The second-order valence-electron chi connectivity index (χ2n) is 12.6. The van der Waals surface area contributed by atoms with Crippen molar-refractivity contribution in [1.82, 2.24) is 19.4 Å². The molecular formula is C35H48N6O3. The molecule has 3 aromatic rings. The Hall–Kier alpha value is -3.98. The molecule has 0 bridgehead atoms. The largest absolute Gasteiger partial charge is 0.380 e. The van der Waals surface area contributed by atoms with Gasteiger partial charge in [0, 0.05) is 55.0 Å². The Balaban J connectivity index is 1.70. The van der Waals surface area contributed by atoms with E-state index < -0.39 is 5.97 Å². The Morgan fingerprint density at radius 2 is 1.66 bits per heavy atom. The predicted molar refractivity (Wildman–Crippen MR) is 177 cm³/mol. The molecule has 1 aliphatic rings. The summed E-state index contributed by atoms with van der Waals surface area (Å²) in [5.74, 6) is 0.694. The van der Waals surface area contributed by atoms with Gasteiger partial charge in [-0.05, 0) is 62.7 Å². The molecular weight excluding hydrogens is 552 g/mol. The third-order valence-corrected chi connectivity index (χ3v) is 7.98. The highest BCUT2D eigenvalue weighted by Gasteiger charge is 2.20. The molecule has 9 nitrogen and oxygen atoms in total. The van der Waals surface area contributed by atoms with Crippen molar-refractivity contribution in [3.05, 3.63) is 65.4 Å². The van der Waals surface area contributed by atoms with Gasteiger partial charge in [-0.2, -0.15) is 5.10 Å². The summed E-state index contributed by atoms with van der Waals surface area (Å²) in [6.07, 6.45) is 11.9. The van der Waals surface area contributed by atoms with E-state index in [0.717, 1.165) is 67.9 Å². The van der Waals surface area contributed by atoms with Gasteiger partial charge in [-0.1, -0.05) is 75.7 Å². The highest BCUT2D eigenvalue weighted by atomic mass is 16.7. The van der Waals surface area contributed by atoms with Crippen molar-refractivity contribution in [3.8, 4) is 11.3 Å². The number of carbonyl (C=O) groups is 2. The zero-order chi connectivity index (χ0) is 31.6. The summed E-state index contributed by atoms with van der Waals surface area (Å²) >= 11 is 0. The molecule has 4 rings (SSSR count). The lowest BCUT2D eigenvalue weighted by Crippen LogP contribution is -2.34. The number of pyridine rings is 1. The van der Waals surface area contributed by atoms with E-state index in [1.165, 1.54) is 26.2 Å². The number of oxime groups is 1. The fourth-order valence-corrected chi connectivity index (χ4v) is 5.33. The molecule has 2 N–H and O–H groups in total. The summed E-state index contributed by atoms with van der Waals surface area (Å²) in [4.78, 5) is 34.1. The third kappa shape index (κ3) is 9.02. The van der Waals surface area contributed by atoms with Crippen molar-refractivity contribution in [2.24, 2.45) is 22.7 Å². The molecule has 0 radical (unpaired) electrons. The zero-order valence-corrected chi connectivity index (χ0v) is 27.0. The summed E-state index contributed by atoms with van der Waals surface area (Å²) in [5.41, 5.74) is 10.9. The van der Waals surface area contributed by atoms with Crippen LogP contribution >= 0.6 is 0 Å². The van der Waals surface area contributed by atoms with E-state index >= 15 is 0 Å². The molecule has 0 atom stereocenters. The van der Waals surface area contributed by atoms with Crippen molar-refractivity contribution in [2.45, 2.75) is 66.7 Å². The maximum absolute atomic E-state index is 13.8. The van der Waals surface area contributed by atoms with E-state index in [1.54, 1.807) is 0 Å². The van der Waals surface area contributed by atoms with Crippen LogP contribution < -0.4 is 5.73 Å². The number of benzene rings is 1. The molecule has 236 valence electrons. The van der Waals surface area contributed by atoms with Crippen LogP contribution in [-0.2, 0) is 9.63 Å². The van der Waals surface area contributed by atoms with E-state index in [-0.39, 0.29) is 11.7 Å². The molecule has 2 aromatic heterocycles. The molecule has 0 unspecified atom stereocenters. The van der Waals surface area contributed by atoms with Crippen LogP contribution in [0.4, 0.5) is 0 Å². The number of rotatable bonds is 13. The minimum atomic E-state index is -0.531. The number of nitrogens with zero attached hydrogens (tertiary/aromatic N) is 5. The molecule has 3 heterocycles. The van der Waals surface area contributed by atoms with Crippen LogP contribution in [0.1, 0.15) is 88.2 Å². The number of likely N-dealkylation sites (tertiary alicyclic amines) is 1. The molecule has 0 spiro atoms. The summed E-state index contributed by atoms with van der Waals surface area (Å²) < 4.78 is 1.85. The Morgan fingerprint density at radius 1 is 1.00 bits per heavy atom. The first-order chi connectivity index (χ1) is 21.1. The smallest absolute Gasteiger partial charge is 0.332 e. The maximum Gasteiger partial charge on any atom is 0.332 e. The van der Waals surface area contributed by atoms with Crippen molar-refractivity contribution in [3.63, 3.8) is 0 Å². The van der Waals surface area contributed by atoms with Crippen molar-refractivity contribution < 1.29 is 14.4 Å². The van der Waals surface area contributed by atoms with Crippen LogP contribution in [0.15, 0.2) is 53.8 Å². The van der Waals surface area contributed by atoms with Gasteiger partial charge >= 0.3 is 5.97 Å². The first-order valence-corrected chi connectivity index (χ1v) is 15.9. The van der Waals surface area contributed by atoms with Crippen molar-refractivity contribution in [1.29, 1.82) is 0 Å². The topological polar surface area (TPSA) is 106 Å². The van der Waals surface area contributed by atoms with Crippen LogP contribution in [0.25, 0.3) is 22.9 Å². The molecule has 1 saturated heterocycles. The fraction of sp³-hybridized carbons (Fsp3) is 0.486. The predicted octanol–water partition coefficient (Wildman–Crippen LogP) is 6.22. The number of nitrogens with two attached hydrogens (primary N) is 1. The standard InChI is InChI=1S/C35H48N6O3/c1-25(2)15-21-40(22-16-26(3)4)35(43)30-17-23-41-32(24-30)31(10-9-20-39-18-7-6-8-19-39)33(37-41)28-11-13-29(14-12-28)34(36)38-44-27(5)42/h9-14,17,23-26H,6-8,15-16,18-22H2,1-5H3,(H2,36,38)/b10-9+. The molecule has 1 aromatic carbocycles. The summed E-state index contributed by atoms with van der Waals surface area (Å²) in [7, 11) is 0. The maximum atomic E-state index is 13.8. The summed E-state index contributed by atoms with van der Waals surface area (Å²) in [6.45, 7) is 14.7. The molecule has 44 heavy (non-hydrogen) atoms. The first-order valence-electron chi connectivity index (χ1n) is 15.9. The normalized spacial score (nSPS) is 14.7. The van der Waals surface area contributed by atoms with E-state index in [0.29, 0.717) is 23.0 Å². The lowest BCUT2D eigenvalue weighted by molar-refractivity contribution is -0.140. The van der Waals surface area contributed by atoms with Crippen LogP contribution in [0.2, 0.25) is 0 Å². The Kier molecular flexibility index (Phi) is 11.7. The quantitative estimate of drug-likeness (QED) is 0.108. The number of amidine groups is 1. The van der Waals surface area contributed by atoms with E-state index in [4.69, 9.17) is 15.7 Å². The van der Waals surface area contributed by atoms with E-state index in [1.807, 2.05) is 52.0 Å². The highest BCUT2D eigenvalue weighted by molar-refractivity contribution is 5.98. The average Bonchev–Trinajstić information content (AvgIpc) is 3.37. The molecule has 1 fully saturated rings. The van der Waals surface area contributed by atoms with Gasteiger partial charge in [0.1, 0.15) is 5.69 Å². The Labute approximate surface area is 261 Å². The van der Waals surface area contributed by atoms with Crippen LogP contribution in [0, 0.1) is 11.8 Å². The van der Waals surface area contributed by atoms with E-state index in [2.05, 4.69) is 49.9 Å². The zero-order valence-electron chi connectivity index (χ0n) is 27.0. The number of amides is 1. The van der Waals surface area contributed by atoms with Gasteiger partial charge in [0.05, 0.1) is 5.52 Å². The second-order valence-corrected chi connectivity index (χ2v) is 12.6. The van der Waals surface area contributed by atoms with Crippen molar-refractivity contribution in [2.75, 3.05) is 32.7 Å². The first kappa shape index (κ1) is 32.9. The lowest BCUT2D eigenvalue weighted by atomic mass is 10.0. The number of hydrogen-bond acceptors (Lipinski definition) is 6. The summed E-state index contributed by atoms with van der Waals surface area (Å²) in [5, 5.41) is 8.64. The molecule has 1 amide bonds. The number of hydrogen-bond donors (Lipinski definition) is 1. The second kappa shape index (κ2) is 15.7. The van der Waals surface area contributed by atoms with Gasteiger partial charge in [0.25, 0.3) is 5.91 Å². The minimum Gasteiger partial charge on any atom is -0.380 e. The molecule has 1 aliphatic heterocycles. The highest BCUT2D eigenvalue weighted by Crippen LogP contribution is 2.29. The minimum absolute atomic E-state index is 0.0618. The monoisotopic (exact) mass is 600 g/mol. The van der Waals surface area contributed by atoms with Crippen LogP contribution in [0.5, 0.6) is 0 Å². The Morgan fingerprint density at radius 3 is 2.27 bits per heavy atom. The van der Waals surface area contributed by atoms with Crippen LogP contribution in [0.3, 0.4) is 0 Å². The van der Waals surface area contributed by atoms with Gasteiger partial charge in [0.2, 0.25) is 0 Å². The van der Waals surface area contributed by atoms with Gasteiger partial charge < -0.3 is 15.5 Å². The van der Waals surface area contributed by atoms with E-state index in [9.17, 15) is 9.59 Å². The number of piperidine rings is 1. The number of carbonyl (C=O) groups excluding carboxylic acids is 2. The van der Waals surface area contributed by atoms with Gasteiger partial charge in [-0.25, -0.2) is 9.31 Å².